The molecule has 3 aromatic heterocycles. The molecule has 5 aromatic carbocycles. The second kappa shape index (κ2) is 7.83. The van der Waals surface area contributed by atoms with Crippen LogP contribution in [-0.4, -0.2) is 14.1 Å². The van der Waals surface area contributed by atoms with Gasteiger partial charge in [0.05, 0.1) is 27.5 Å². The number of hydrogen-bond acceptors (Lipinski definition) is 2. The molecule has 4 heteroatoms. The minimum Gasteiger partial charge on any atom is -0.455 e. The zero-order valence-electron chi connectivity index (χ0n) is 21.2. The number of furan rings is 1. The highest BCUT2D eigenvalue weighted by Gasteiger charge is 2.19. The normalized spacial score (nSPS) is 12.2. The zero-order valence-corrected chi connectivity index (χ0v) is 21.2. The predicted molar refractivity (Wildman–Crippen MR) is 157 cm³/mol. The summed E-state index contributed by atoms with van der Waals surface area (Å²) in [5.41, 5.74) is 8.56. The molecular formula is C34H25N3O. The van der Waals surface area contributed by atoms with Gasteiger partial charge in [-0.1, -0.05) is 62.4 Å². The Labute approximate surface area is 219 Å². The number of benzene rings is 5. The molecule has 0 aliphatic rings. The SMILES string of the molecule is CC(C)c1nc2ccccc2n1-c1ccc(-n2c3ccccc3c3c4oc5ccccc5c4ccc32)cc1. The summed E-state index contributed by atoms with van der Waals surface area (Å²) in [6.45, 7) is 4.39. The van der Waals surface area contributed by atoms with Gasteiger partial charge in [0.25, 0.3) is 0 Å². The van der Waals surface area contributed by atoms with Crippen LogP contribution in [0.3, 0.4) is 0 Å². The molecule has 0 N–H and O–H groups in total. The molecule has 0 bridgehead atoms. The van der Waals surface area contributed by atoms with Crippen LogP contribution in [0.5, 0.6) is 0 Å². The summed E-state index contributed by atoms with van der Waals surface area (Å²) in [6, 6.07) is 38.5. The topological polar surface area (TPSA) is 35.9 Å². The van der Waals surface area contributed by atoms with Crippen molar-refractivity contribution in [2.45, 2.75) is 19.8 Å². The fourth-order valence-electron chi connectivity index (χ4n) is 5.97. The molecule has 0 fully saturated rings. The molecule has 0 amide bonds. The van der Waals surface area contributed by atoms with Gasteiger partial charge >= 0.3 is 0 Å². The predicted octanol–water partition coefficient (Wildman–Crippen LogP) is 9.15. The van der Waals surface area contributed by atoms with Crippen molar-refractivity contribution < 1.29 is 4.42 Å². The second-order valence-corrected chi connectivity index (χ2v) is 10.3. The Kier molecular flexibility index (Phi) is 4.38. The van der Waals surface area contributed by atoms with Crippen molar-refractivity contribution in [3.05, 3.63) is 115 Å². The van der Waals surface area contributed by atoms with Gasteiger partial charge in [-0.2, -0.15) is 0 Å². The van der Waals surface area contributed by atoms with Crippen molar-refractivity contribution in [2.24, 2.45) is 0 Å². The summed E-state index contributed by atoms with van der Waals surface area (Å²) in [6.07, 6.45) is 0. The van der Waals surface area contributed by atoms with E-state index in [9.17, 15) is 0 Å². The molecular weight excluding hydrogens is 466 g/mol. The molecule has 0 aliphatic carbocycles. The first-order valence-electron chi connectivity index (χ1n) is 13.1. The molecule has 0 aliphatic heterocycles. The van der Waals surface area contributed by atoms with E-state index >= 15 is 0 Å². The van der Waals surface area contributed by atoms with Gasteiger partial charge in [0, 0.05) is 33.5 Å². The monoisotopic (exact) mass is 491 g/mol. The Morgan fingerprint density at radius 1 is 0.579 bits per heavy atom. The molecule has 4 nitrogen and oxygen atoms in total. The number of fused-ring (bicyclic) bond motifs is 8. The summed E-state index contributed by atoms with van der Waals surface area (Å²) in [5.74, 6) is 1.38. The van der Waals surface area contributed by atoms with E-state index < -0.39 is 0 Å². The first-order chi connectivity index (χ1) is 18.7. The summed E-state index contributed by atoms with van der Waals surface area (Å²) in [5, 5.41) is 4.65. The summed E-state index contributed by atoms with van der Waals surface area (Å²) in [4.78, 5) is 4.94. The summed E-state index contributed by atoms with van der Waals surface area (Å²) >= 11 is 0. The van der Waals surface area contributed by atoms with Crippen LogP contribution in [-0.2, 0) is 0 Å². The molecule has 3 heterocycles. The fraction of sp³-hybridized carbons (Fsp3) is 0.0882. The van der Waals surface area contributed by atoms with Crippen molar-refractivity contribution in [3.63, 3.8) is 0 Å². The third-order valence-electron chi connectivity index (χ3n) is 7.65. The average molecular weight is 492 g/mol. The third-order valence-corrected chi connectivity index (χ3v) is 7.65. The van der Waals surface area contributed by atoms with Gasteiger partial charge in [0.2, 0.25) is 0 Å². The number of imidazole rings is 1. The maximum absolute atomic E-state index is 6.44. The maximum atomic E-state index is 6.44. The minimum absolute atomic E-state index is 0.311. The third kappa shape index (κ3) is 2.88. The highest BCUT2D eigenvalue weighted by Crippen LogP contribution is 2.40. The van der Waals surface area contributed by atoms with Crippen molar-refractivity contribution in [1.82, 2.24) is 14.1 Å². The zero-order chi connectivity index (χ0) is 25.4. The number of para-hydroxylation sites is 4. The highest BCUT2D eigenvalue weighted by molar-refractivity contribution is 6.23. The number of aromatic nitrogens is 3. The van der Waals surface area contributed by atoms with Crippen LogP contribution in [0.4, 0.5) is 0 Å². The molecule has 0 saturated carbocycles. The number of rotatable bonds is 3. The Hall–Kier alpha value is -4.83. The molecule has 0 atom stereocenters. The van der Waals surface area contributed by atoms with Gasteiger partial charge < -0.3 is 8.98 Å². The molecule has 38 heavy (non-hydrogen) atoms. The van der Waals surface area contributed by atoms with E-state index in [-0.39, 0.29) is 0 Å². The van der Waals surface area contributed by atoms with Crippen LogP contribution in [0.25, 0.3) is 66.2 Å². The standard InChI is InChI=1S/C34H25N3O/c1-21(2)34-35-27-11-5-7-13-29(27)37(34)23-17-15-22(16-18-23)36-28-12-6-3-10-26(28)32-30(36)20-19-25-24-9-4-8-14-31(24)38-33(25)32/h3-21H,1-2H3. The first-order valence-corrected chi connectivity index (χ1v) is 13.1. The highest BCUT2D eigenvalue weighted by atomic mass is 16.3. The lowest BCUT2D eigenvalue weighted by Crippen LogP contribution is -2.03. The lowest BCUT2D eigenvalue weighted by Gasteiger charge is -2.13. The van der Waals surface area contributed by atoms with Crippen LogP contribution in [0.1, 0.15) is 25.6 Å². The first kappa shape index (κ1) is 21.3. The van der Waals surface area contributed by atoms with E-state index in [1.807, 2.05) is 18.2 Å². The average Bonchev–Trinajstić information content (AvgIpc) is 3.62. The van der Waals surface area contributed by atoms with Crippen LogP contribution in [0.15, 0.2) is 114 Å². The van der Waals surface area contributed by atoms with Gasteiger partial charge in [0.15, 0.2) is 0 Å². The van der Waals surface area contributed by atoms with Crippen molar-refractivity contribution in [3.8, 4) is 11.4 Å². The van der Waals surface area contributed by atoms with E-state index in [0.717, 1.165) is 61.1 Å². The van der Waals surface area contributed by atoms with Crippen molar-refractivity contribution in [2.75, 3.05) is 0 Å². The molecule has 8 aromatic rings. The maximum Gasteiger partial charge on any atom is 0.145 e. The Balaban J connectivity index is 1.37. The Morgan fingerprint density at radius 2 is 1.24 bits per heavy atom. The van der Waals surface area contributed by atoms with Crippen LogP contribution in [0.2, 0.25) is 0 Å². The van der Waals surface area contributed by atoms with E-state index in [4.69, 9.17) is 9.40 Å². The largest absolute Gasteiger partial charge is 0.455 e. The lowest BCUT2D eigenvalue weighted by molar-refractivity contribution is 0.673. The van der Waals surface area contributed by atoms with E-state index in [0.29, 0.717) is 5.92 Å². The smallest absolute Gasteiger partial charge is 0.145 e. The van der Waals surface area contributed by atoms with Gasteiger partial charge in [-0.05, 0) is 60.7 Å². The van der Waals surface area contributed by atoms with Crippen LogP contribution in [0, 0.1) is 0 Å². The molecule has 0 radical (unpaired) electrons. The van der Waals surface area contributed by atoms with E-state index in [1.54, 1.807) is 0 Å². The van der Waals surface area contributed by atoms with Crippen molar-refractivity contribution >= 4 is 54.8 Å². The van der Waals surface area contributed by atoms with Crippen LogP contribution < -0.4 is 0 Å². The number of nitrogens with zero attached hydrogens (tertiary/aromatic N) is 3. The van der Waals surface area contributed by atoms with Gasteiger partial charge in [-0.3, -0.25) is 4.57 Å². The lowest BCUT2D eigenvalue weighted by atomic mass is 10.1. The fourth-order valence-corrected chi connectivity index (χ4v) is 5.97. The number of hydrogen-bond donors (Lipinski definition) is 0. The Bertz CT molecular complexity index is 2160. The molecule has 0 unspecified atom stereocenters. The Morgan fingerprint density at radius 3 is 2.03 bits per heavy atom. The van der Waals surface area contributed by atoms with Gasteiger partial charge in [0.1, 0.15) is 17.0 Å². The molecule has 182 valence electrons. The second-order valence-electron chi connectivity index (χ2n) is 10.3. The van der Waals surface area contributed by atoms with E-state index in [2.05, 4.69) is 114 Å². The van der Waals surface area contributed by atoms with E-state index in [1.165, 1.54) is 10.9 Å². The molecule has 8 rings (SSSR count). The molecule has 0 saturated heterocycles. The van der Waals surface area contributed by atoms with Crippen molar-refractivity contribution in [1.29, 1.82) is 0 Å². The summed E-state index contributed by atoms with van der Waals surface area (Å²) < 4.78 is 11.1. The quantitative estimate of drug-likeness (QED) is 0.247. The summed E-state index contributed by atoms with van der Waals surface area (Å²) in [7, 11) is 0. The van der Waals surface area contributed by atoms with Gasteiger partial charge in [-0.15, -0.1) is 0 Å². The van der Waals surface area contributed by atoms with Gasteiger partial charge in [-0.25, -0.2) is 4.98 Å². The molecule has 0 spiro atoms. The van der Waals surface area contributed by atoms with Crippen LogP contribution >= 0.6 is 0 Å². The minimum atomic E-state index is 0.311.